The Labute approximate surface area is 121 Å². The molecule has 0 aliphatic heterocycles. The zero-order valence-corrected chi connectivity index (χ0v) is 10.9. The predicted molar refractivity (Wildman–Crippen MR) is 67.4 cm³/mol. The number of halogens is 4. The molecule has 0 spiro atoms. The average molecular weight is 319 g/mol. The Morgan fingerprint density at radius 3 is 2.33 bits per heavy atom. The molecule has 1 aromatic carbocycles. The van der Waals surface area contributed by atoms with Crippen molar-refractivity contribution in [2.45, 2.75) is 6.18 Å². The molecule has 0 atom stereocenters. The number of hydrogen-bond donors (Lipinski definition) is 0. The third-order valence-corrected chi connectivity index (χ3v) is 2.67. The number of nitro benzene ring substituents is 1. The third kappa shape index (κ3) is 3.60. The Morgan fingerprint density at radius 2 is 1.86 bits per heavy atom. The molecule has 0 unspecified atom stereocenters. The van der Waals surface area contributed by atoms with E-state index in [4.69, 9.17) is 16.3 Å². The minimum atomic E-state index is -4.55. The number of ether oxygens (including phenoxy) is 1. The molecule has 21 heavy (non-hydrogen) atoms. The van der Waals surface area contributed by atoms with Crippen LogP contribution in [-0.2, 0) is 6.18 Å². The summed E-state index contributed by atoms with van der Waals surface area (Å²) < 4.78 is 42.5. The van der Waals surface area contributed by atoms with Gasteiger partial charge in [0.25, 0.3) is 5.69 Å². The van der Waals surface area contributed by atoms with Gasteiger partial charge in [0.15, 0.2) is 0 Å². The van der Waals surface area contributed by atoms with E-state index >= 15 is 0 Å². The van der Waals surface area contributed by atoms with Crippen molar-refractivity contribution in [1.82, 2.24) is 4.98 Å². The molecule has 110 valence electrons. The van der Waals surface area contributed by atoms with Crippen molar-refractivity contribution in [3.63, 3.8) is 0 Å². The minimum Gasteiger partial charge on any atom is -0.438 e. The fourth-order valence-corrected chi connectivity index (χ4v) is 1.61. The standard InChI is InChI=1S/C12H6ClF3N2O3/c13-10-5-7(12(14,15)16)6-17-11(10)21-9-3-1-8(2-4-9)18(19)20/h1-6H. The predicted octanol–water partition coefficient (Wildman–Crippen LogP) is 4.45. The van der Waals surface area contributed by atoms with Crippen LogP contribution in [0.5, 0.6) is 11.6 Å². The van der Waals surface area contributed by atoms with Crippen molar-refractivity contribution in [3.05, 3.63) is 57.2 Å². The van der Waals surface area contributed by atoms with Crippen molar-refractivity contribution >= 4 is 17.3 Å². The molecule has 0 fully saturated rings. The smallest absolute Gasteiger partial charge is 0.417 e. The summed E-state index contributed by atoms with van der Waals surface area (Å²) >= 11 is 5.67. The van der Waals surface area contributed by atoms with Gasteiger partial charge in [0, 0.05) is 18.3 Å². The molecule has 1 heterocycles. The topological polar surface area (TPSA) is 65.3 Å². The van der Waals surface area contributed by atoms with E-state index in [1.165, 1.54) is 24.3 Å². The number of alkyl halides is 3. The van der Waals surface area contributed by atoms with Crippen LogP contribution in [0.2, 0.25) is 5.02 Å². The highest BCUT2D eigenvalue weighted by Gasteiger charge is 2.31. The lowest BCUT2D eigenvalue weighted by atomic mass is 10.3. The number of pyridine rings is 1. The fourth-order valence-electron chi connectivity index (χ4n) is 1.40. The van der Waals surface area contributed by atoms with Crippen LogP contribution in [0.1, 0.15) is 5.56 Å². The summed E-state index contributed by atoms with van der Waals surface area (Å²) in [6.07, 6.45) is -3.96. The quantitative estimate of drug-likeness (QED) is 0.619. The van der Waals surface area contributed by atoms with Gasteiger partial charge in [-0.1, -0.05) is 11.6 Å². The summed E-state index contributed by atoms with van der Waals surface area (Å²) in [5.41, 5.74) is -1.14. The summed E-state index contributed by atoms with van der Waals surface area (Å²) in [6.45, 7) is 0. The first-order chi connectivity index (χ1) is 9.77. The zero-order chi connectivity index (χ0) is 15.6. The monoisotopic (exact) mass is 318 g/mol. The molecule has 0 saturated heterocycles. The van der Waals surface area contributed by atoms with Crippen LogP contribution < -0.4 is 4.74 Å². The number of non-ortho nitro benzene ring substituents is 1. The van der Waals surface area contributed by atoms with E-state index in [0.717, 1.165) is 0 Å². The molecule has 0 aliphatic carbocycles. The number of benzene rings is 1. The van der Waals surface area contributed by atoms with Crippen LogP contribution in [0.25, 0.3) is 0 Å². The molecular weight excluding hydrogens is 313 g/mol. The highest BCUT2D eigenvalue weighted by molar-refractivity contribution is 6.31. The van der Waals surface area contributed by atoms with Gasteiger partial charge < -0.3 is 4.74 Å². The molecule has 0 N–H and O–H groups in total. The van der Waals surface area contributed by atoms with Gasteiger partial charge in [-0.25, -0.2) is 4.98 Å². The van der Waals surface area contributed by atoms with E-state index in [9.17, 15) is 23.3 Å². The van der Waals surface area contributed by atoms with Crippen LogP contribution in [0.15, 0.2) is 36.5 Å². The Balaban J connectivity index is 2.22. The first-order valence-electron chi connectivity index (χ1n) is 5.42. The highest BCUT2D eigenvalue weighted by atomic mass is 35.5. The number of aromatic nitrogens is 1. The van der Waals surface area contributed by atoms with Crippen LogP contribution in [0.3, 0.4) is 0 Å². The van der Waals surface area contributed by atoms with Gasteiger partial charge in [-0.3, -0.25) is 10.1 Å². The van der Waals surface area contributed by atoms with Crippen LogP contribution in [0.4, 0.5) is 18.9 Å². The lowest BCUT2D eigenvalue weighted by Gasteiger charge is -2.09. The average Bonchev–Trinajstić information content (AvgIpc) is 2.40. The second-order valence-corrected chi connectivity index (χ2v) is 4.27. The SMILES string of the molecule is O=[N+]([O-])c1ccc(Oc2ncc(C(F)(F)F)cc2Cl)cc1. The summed E-state index contributed by atoms with van der Waals surface area (Å²) in [5, 5.41) is 10.2. The molecule has 0 aliphatic rings. The van der Waals surface area contributed by atoms with E-state index in [1.54, 1.807) is 0 Å². The van der Waals surface area contributed by atoms with Crippen molar-refractivity contribution in [2.24, 2.45) is 0 Å². The van der Waals surface area contributed by atoms with Gasteiger partial charge in [0.05, 0.1) is 10.5 Å². The normalized spacial score (nSPS) is 11.2. The van der Waals surface area contributed by atoms with Crippen molar-refractivity contribution in [3.8, 4) is 11.6 Å². The molecule has 0 saturated carbocycles. The van der Waals surface area contributed by atoms with Gasteiger partial charge in [0.1, 0.15) is 10.8 Å². The summed E-state index contributed by atoms with van der Waals surface area (Å²) in [5.74, 6) is -0.0618. The molecule has 5 nitrogen and oxygen atoms in total. The largest absolute Gasteiger partial charge is 0.438 e. The molecule has 0 amide bonds. The number of nitro groups is 1. The maximum absolute atomic E-state index is 12.4. The van der Waals surface area contributed by atoms with Crippen LogP contribution >= 0.6 is 11.6 Å². The number of hydrogen-bond acceptors (Lipinski definition) is 4. The lowest BCUT2D eigenvalue weighted by molar-refractivity contribution is -0.384. The van der Waals surface area contributed by atoms with Crippen molar-refractivity contribution < 1.29 is 22.8 Å². The van der Waals surface area contributed by atoms with E-state index in [-0.39, 0.29) is 22.3 Å². The highest BCUT2D eigenvalue weighted by Crippen LogP contribution is 2.34. The molecule has 0 radical (unpaired) electrons. The molecule has 2 aromatic rings. The Morgan fingerprint density at radius 1 is 1.24 bits per heavy atom. The summed E-state index contributed by atoms with van der Waals surface area (Å²) in [7, 11) is 0. The lowest BCUT2D eigenvalue weighted by Crippen LogP contribution is -2.05. The van der Waals surface area contributed by atoms with Crippen LogP contribution in [0, 0.1) is 10.1 Å². The van der Waals surface area contributed by atoms with E-state index in [2.05, 4.69) is 4.98 Å². The van der Waals surface area contributed by atoms with E-state index in [1.807, 2.05) is 0 Å². The summed E-state index contributed by atoms with van der Waals surface area (Å²) in [6, 6.07) is 5.64. The maximum atomic E-state index is 12.4. The van der Waals surface area contributed by atoms with Crippen LogP contribution in [-0.4, -0.2) is 9.91 Å². The Bertz CT molecular complexity index is 674. The van der Waals surface area contributed by atoms with Gasteiger partial charge in [-0.05, 0) is 18.2 Å². The van der Waals surface area contributed by atoms with E-state index in [0.29, 0.717) is 12.3 Å². The maximum Gasteiger partial charge on any atom is 0.417 e. The van der Waals surface area contributed by atoms with E-state index < -0.39 is 16.7 Å². The third-order valence-electron chi connectivity index (χ3n) is 2.40. The molecule has 0 bridgehead atoms. The molecular formula is C12H6ClF3N2O3. The number of nitrogens with zero attached hydrogens (tertiary/aromatic N) is 2. The van der Waals surface area contributed by atoms with Crippen molar-refractivity contribution in [1.29, 1.82) is 0 Å². The first kappa shape index (κ1) is 15.0. The second-order valence-electron chi connectivity index (χ2n) is 3.86. The number of rotatable bonds is 3. The minimum absolute atomic E-state index is 0.145. The Kier molecular flexibility index (Phi) is 3.99. The Hall–Kier alpha value is -2.35. The second kappa shape index (κ2) is 5.57. The molecule has 1 aromatic heterocycles. The fraction of sp³-hybridized carbons (Fsp3) is 0.0833. The molecule has 2 rings (SSSR count). The molecule has 9 heteroatoms. The first-order valence-corrected chi connectivity index (χ1v) is 5.80. The van der Waals surface area contributed by atoms with Gasteiger partial charge >= 0.3 is 6.18 Å². The van der Waals surface area contributed by atoms with Gasteiger partial charge in [-0.2, -0.15) is 13.2 Å². The van der Waals surface area contributed by atoms with Crippen molar-refractivity contribution in [2.75, 3.05) is 0 Å². The van der Waals surface area contributed by atoms with Gasteiger partial charge in [0.2, 0.25) is 5.88 Å². The summed E-state index contributed by atoms with van der Waals surface area (Å²) in [4.78, 5) is 13.4. The zero-order valence-electron chi connectivity index (χ0n) is 10.1. The van der Waals surface area contributed by atoms with Gasteiger partial charge in [-0.15, -0.1) is 0 Å².